The van der Waals surface area contributed by atoms with Gasteiger partial charge in [0.1, 0.15) is 18.1 Å². The fourth-order valence-corrected chi connectivity index (χ4v) is 19.8. The van der Waals surface area contributed by atoms with Crippen LogP contribution >= 0.6 is 0 Å². The van der Waals surface area contributed by atoms with E-state index in [1.54, 1.807) is 19.1 Å². The van der Waals surface area contributed by atoms with Crippen LogP contribution in [0.3, 0.4) is 0 Å². The lowest BCUT2D eigenvalue weighted by Crippen LogP contribution is -2.62. The molecule has 1 aromatic heterocycles. The quantitative estimate of drug-likeness (QED) is 0.0354. The van der Waals surface area contributed by atoms with E-state index < -0.39 is 54.7 Å². The Bertz CT molecular complexity index is 3880. The maximum atomic E-state index is 16.1. The van der Waals surface area contributed by atoms with Crippen molar-refractivity contribution in [2.45, 2.75) is 163 Å². The van der Waals surface area contributed by atoms with E-state index in [2.05, 4.69) is 115 Å². The summed E-state index contributed by atoms with van der Waals surface area (Å²) in [5.74, 6) is -0.519. The molecule has 10 aliphatic rings. The van der Waals surface area contributed by atoms with E-state index in [9.17, 15) is 25.2 Å². The van der Waals surface area contributed by atoms with Crippen molar-refractivity contribution in [2.75, 3.05) is 26.6 Å². The van der Waals surface area contributed by atoms with Gasteiger partial charge in [0, 0.05) is 58.6 Å². The zero-order valence-electron chi connectivity index (χ0n) is 51.0. The second kappa shape index (κ2) is 23.7. The normalized spacial score (nSPS) is 31.6. The van der Waals surface area contributed by atoms with Crippen molar-refractivity contribution < 1.29 is 53.4 Å². The summed E-state index contributed by atoms with van der Waals surface area (Å²) in [7, 11) is 0. The molecule has 3 fully saturated rings. The number of carbonyl (C=O) groups is 2. The first-order chi connectivity index (χ1) is 43.6. The molecule has 3 aliphatic heterocycles. The Hall–Kier alpha value is -6.93. The van der Waals surface area contributed by atoms with Gasteiger partial charge in [-0.05, 0) is 206 Å². The third-order valence-corrected chi connectivity index (χ3v) is 23.6. The van der Waals surface area contributed by atoms with Crippen LogP contribution in [0.1, 0.15) is 187 Å². The molecule has 89 heavy (non-hydrogen) atoms. The van der Waals surface area contributed by atoms with Gasteiger partial charge in [0.25, 0.3) is 0 Å². The Balaban J connectivity index is 0.883. The summed E-state index contributed by atoms with van der Waals surface area (Å²) in [5, 5.41) is 42.5. The number of aliphatic hydroxyl groups is 4. The second-order valence-electron chi connectivity index (χ2n) is 27.5. The molecule has 4 N–H and O–H groups in total. The first-order valence-corrected chi connectivity index (χ1v) is 33.2. The Morgan fingerprint density at radius 3 is 2.37 bits per heavy atom. The summed E-state index contributed by atoms with van der Waals surface area (Å²) >= 11 is 0. The molecule has 0 radical (unpaired) electrons. The van der Waals surface area contributed by atoms with Gasteiger partial charge in [-0.3, -0.25) is 4.79 Å². The predicted molar refractivity (Wildman–Crippen MR) is 338 cm³/mol. The van der Waals surface area contributed by atoms with Gasteiger partial charge in [0.05, 0.1) is 25.4 Å². The van der Waals surface area contributed by atoms with Crippen molar-refractivity contribution in [3.8, 4) is 5.75 Å². The molecule has 0 saturated heterocycles. The monoisotopic (exact) mass is 1200 g/mol. The number of benzene rings is 5. The molecule has 4 heterocycles. The molecule has 14 unspecified atom stereocenters. The first-order valence-electron chi connectivity index (χ1n) is 33.2. The highest BCUT2D eigenvalue weighted by molar-refractivity contribution is 5.90. The van der Waals surface area contributed by atoms with Crippen molar-refractivity contribution in [1.82, 2.24) is 0 Å². The number of aryl methyl sites for hydroxylation is 2. The van der Waals surface area contributed by atoms with Crippen molar-refractivity contribution in [3.63, 3.8) is 0 Å². The zero-order valence-corrected chi connectivity index (χ0v) is 51.0. The first kappa shape index (κ1) is 58.4. The van der Waals surface area contributed by atoms with Crippen LogP contribution in [0, 0.1) is 35.5 Å². The van der Waals surface area contributed by atoms with Crippen LogP contribution in [-0.2, 0) is 55.1 Å². The number of rotatable bonds is 9. The van der Waals surface area contributed by atoms with Gasteiger partial charge >= 0.3 is 17.6 Å². The minimum absolute atomic E-state index is 0.0180. The molecule has 0 amide bonds. The van der Waals surface area contributed by atoms with Crippen LogP contribution in [0.25, 0.3) is 17.0 Å². The zero-order chi connectivity index (χ0) is 60.7. The minimum Gasteiger partial charge on any atom is -0.482 e. The summed E-state index contributed by atoms with van der Waals surface area (Å²) in [4.78, 5) is 46.5. The topological polar surface area (TPSA) is 182 Å². The largest absolute Gasteiger partial charge is 0.482 e. The average Bonchev–Trinajstić information content (AvgIpc) is 1.52. The molecule has 5 aromatic carbocycles. The number of aliphatic hydroxyl groups excluding tert-OH is 4. The van der Waals surface area contributed by atoms with E-state index in [0.717, 1.165) is 43.2 Å². The van der Waals surface area contributed by atoms with E-state index in [-0.39, 0.29) is 108 Å². The Morgan fingerprint density at radius 2 is 1.55 bits per heavy atom. The van der Waals surface area contributed by atoms with Gasteiger partial charge in [0.2, 0.25) is 0 Å². The fourth-order valence-electron chi connectivity index (χ4n) is 19.8. The lowest BCUT2D eigenvalue weighted by molar-refractivity contribution is -0.212. The predicted octanol–water partition coefficient (Wildman–Crippen LogP) is 13.0. The van der Waals surface area contributed by atoms with Crippen LogP contribution in [0.4, 0.5) is 0 Å². The van der Waals surface area contributed by atoms with Crippen LogP contribution in [0.15, 0.2) is 142 Å². The molecule has 2 spiro atoms. The number of esters is 2. The summed E-state index contributed by atoms with van der Waals surface area (Å²) in [6, 6.07) is 37.1. The number of fused-ring (bicyclic) bond motifs is 19. The second-order valence-corrected chi connectivity index (χ2v) is 27.5. The van der Waals surface area contributed by atoms with Gasteiger partial charge in [-0.15, -0.1) is 0 Å². The average molecular weight is 1200 g/mol. The molecular weight excluding hydrogens is 1120 g/mol. The van der Waals surface area contributed by atoms with Crippen molar-refractivity contribution >= 4 is 29.0 Å². The molecule has 7 aliphatic carbocycles. The smallest absolute Gasteiger partial charge is 0.340 e. The SMILES string of the molecule is CC(CO)=C1CCc2ccc(cc2)C2C=CC(c3cccc4c3CCC3CCCC5CCc6ccccc6C453)CC2CC(=O)OC2c3c(ccc4c(CO)c(C(CCO)COCO)c(=O)oc34)OC3(CCCC4C5C=Cc6ccccc6C5CC43)C2OC1=O. The van der Waals surface area contributed by atoms with Crippen LogP contribution in [-0.4, -0.2) is 70.7 Å². The van der Waals surface area contributed by atoms with Gasteiger partial charge in [-0.1, -0.05) is 122 Å². The highest BCUT2D eigenvalue weighted by Gasteiger charge is 2.65. The third-order valence-electron chi connectivity index (χ3n) is 23.6. The number of hydrogen-bond donors (Lipinski definition) is 4. The Morgan fingerprint density at radius 1 is 0.753 bits per heavy atom. The molecule has 12 nitrogen and oxygen atoms in total. The van der Waals surface area contributed by atoms with Crippen molar-refractivity contribution in [1.29, 1.82) is 0 Å². The Kier molecular flexibility index (Phi) is 15.6. The maximum Gasteiger partial charge on any atom is 0.340 e. The minimum atomic E-state index is -1.37. The lowest BCUT2D eigenvalue weighted by atomic mass is 9.46. The molecule has 12 heteroatoms. The van der Waals surface area contributed by atoms with Gasteiger partial charge in [-0.25, -0.2) is 9.59 Å². The molecule has 16 rings (SSSR count). The third kappa shape index (κ3) is 9.58. The van der Waals surface area contributed by atoms with Gasteiger partial charge < -0.3 is 43.8 Å². The fraction of sp³-hybridized carbons (Fsp3) is 0.468. The number of carbonyl (C=O) groups excluding carboxylic acids is 2. The molecule has 6 aromatic rings. The summed E-state index contributed by atoms with van der Waals surface area (Å²) < 4.78 is 34.0. The van der Waals surface area contributed by atoms with E-state index in [1.807, 2.05) is 0 Å². The number of allylic oxidation sites excluding steroid dienone is 3. The van der Waals surface area contributed by atoms with E-state index >= 15 is 9.59 Å². The summed E-state index contributed by atoms with van der Waals surface area (Å²) in [6.07, 6.45) is 19.3. The van der Waals surface area contributed by atoms with E-state index in [0.29, 0.717) is 59.8 Å². The van der Waals surface area contributed by atoms with Crippen LogP contribution < -0.4 is 10.4 Å². The molecular formula is C77H82O12. The molecule has 3 saturated carbocycles. The standard InChI is InChI=1S/C77H82O12/c1-44(40-79)54-28-20-45-18-21-47(22-19-45)55-29-25-49(57-14-7-17-65-60(57)31-27-53-12-6-11-52-26-23-48-10-3-5-16-64(48)77(52,53)65)37-51(55)38-68(82)86-72-70-67(33-32-61-63(41-80)69(75(84)87-71(61)70)50(34-36-78)42-85-43-81)89-76(73(72)88-74(54)83)35-8-15-59-58-30-24-46-9-2-4-13-56(46)62(58)39-66(59)76/h2-5,7,9-10,13-14,16-19,21-22,24-25,29-30,32-33,49-53,55,58-59,62,66,72-73,78-81H,6,8,11-12,15,20,23,26-28,31,34-43H2,1H3. The molecule has 14 atom stereocenters. The van der Waals surface area contributed by atoms with Gasteiger partial charge in [-0.2, -0.15) is 0 Å². The molecule has 2 bridgehead atoms. The number of hydrogen-bond acceptors (Lipinski definition) is 12. The maximum absolute atomic E-state index is 16.1. The number of ether oxygens (including phenoxy) is 4. The molecule has 462 valence electrons. The lowest BCUT2D eigenvalue weighted by Gasteiger charge is -2.57. The van der Waals surface area contributed by atoms with Crippen molar-refractivity contribution in [3.05, 3.63) is 210 Å². The van der Waals surface area contributed by atoms with Crippen LogP contribution in [0.2, 0.25) is 0 Å². The van der Waals surface area contributed by atoms with Crippen molar-refractivity contribution in [2.24, 2.45) is 35.5 Å². The van der Waals surface area contributed by atoms with Gasteiger partial charge in [0.15, 0.2) is 17.8 Å². The van der Waals surface area contributed by atoms with E-state index in [4.69, 9.17) is 23.4 Å². The highest BCUT2D eigenvalue weighted by Crippen LogP contribution is 2.65. The Labute approximate surface area is 520 Å². The van der Waals surface area contributed by atoms with E-state index in [1.165, 1.54) is 64.6 Å². The summed E-state index contributed by atoms with van der Waals surface area (Å²) in [5.41, 5.74) is 11.2. The highest BCUT2D eigenvalue weighted by atomic mass is 16.6. The van der Waals surface area contributed by atoms with Crippen LogP contribution in [0.5, 0.6) is 5.75 Å². The summed E-state index contributed by atoms with van der Waals surface area (Å²) in [6.45, 7) is -0.285.